The van der Waals surface area contributed by atoms with Gasteiger partial charge in [0.2, 0.25) is 0 Å². The zero-order valence-electron chi connectivity index (χ0n) is 9.39. The molecule has 0 bridgehead atoms. The van der Waals surface area contributed by atoms with Crippen LogP contribution in [0.15, 0.2) is 11.6 Å². The quantitative estimate of drug-likeness (QED) is 0.783. The molecule has 2 atom stereocenters. The second-order valence-corrected chi connectivity index (χ2v) is 5.25. The Hall–Kier alpha value is -0.0500. The van der Waals surface area contributed by atoms with E-state index in [1.165, 1.54) is 19.3 Å². The van der Waals surface area contributed by atoms with Crippen molar-refractivity contribution in [3.8, 4) is 0 Å². The van der Waals surface area contributed by atoms with Crippen molar-refractivity contribution in [2.75, 3.05) is 13.2 Å². The highest BCUT2D eigenvalue weighted by Gasteiger charge is 2.58. The maximum absolute atomic E-state index is 5.78. The predicted octanol–water partition coefficient (Wildman–Crippen LogP) is 2.68. The second-order valence-electron chi connectivity index (χ2n) is 4.72. The Bertz CT molecular complexity index is 250. The fourth-order valence-corrected chi connectivity index (χ4v) is 3.04. The number of halogens is 1. The summed E-state index contributed by atoms with van der Waals surface area (Å²) in [6.07, 6.45) is 5.59. The third-order valence-corrected chi connectivity index (χ3v) is 4.11. The maximum Gasteiger partial charge on any atom is 0.0661 e. The standard InChI is InChI=1S/C12H20ClNO/c1-3-15-11-7-10(14-8-9(2)13)12(11)5-4-6-12/h10-11,14H,2-8H2,1H3. The van der Waals surface area contributed by atoms with Gasteiger partial charge in [0.05, 0.1) is 6.10 Å². The van der Waals surface area contributed by atoms with E-state index in [0.29, 0.717) is 22.6 Å². The van der Waals surface area contributed by atoms with E-state index in [1.54, 1.807) is 0 Å². The highest BCUT2D eigenvalue weighted by molar-refractivity contribution is 6.29. The first-order valence-electron chi connectivity index (χ1n) is 5.87. The predicted molar refractivity (Wildman–Crippen MR) is 63.1 cm³/mol. The minimum absolute atomic E-state index is 0.433. The highest BCUT2D eigenvalue weighted by Crippen LogP contribution is 2.57. The number of hydrogen-bond acceptors (Lipinski definition) is 2. The van der Waals surface area contributed by atoms with Crippen molar-refractivity contribution in [1.29, 1.82) is 0 Å². The van der Waals surface area contributed by atoms with Gasteiger partial charge in [0.15, 0.2) is 0 Å². The molecule has 1 N–H and O–H groups in total. The van der Waals surface area contributed by atoms with Crippen LogP contribution in [0.5, 0.6) is 0 Å². The largest absolute Gasteiger partial charge is 0.378 e. The lowest BCUT2D eigenvalue weighted by atomic mass is 9.51. The van der Waals surface area contributed by atoms with Crippen molar-refractivity contribution in [3.63, 3.8) is 0 Å². The molecule has 2 fully saturated rings. The lowest BCUT2D eigenvalue weighted by Gasteiger charge is -2.61. The average molecular weight is 230 g/mol. The van der Waals surface area contributed by atoms with Crippen molar-refractivity contribution in [2.24, 2.45) is 5.41 Å². The van der Waals surface area contributed by atoms with Gasteiger partial charge < -0.3 is 10.1 Å². The summed E-state index contributed by atoms with van der Waals surface area (Å²) in [7, 11) is 0. The summed E-state index contributed by atoms with van der Waals surface area (Å²) in [5.41, 5.74) is 0.433. The molecule has 0 aliphatic heterocycles. The average Bonchev–Trinajstić information content (AvgIpc) is 2.06. The summed E-state index contributed by atoms with van der Waals surface area (Å²) >= 11 is 5.77. The molecule has 0 heterocycles. The third-order valence-electron chi connectivity index (χ3n) is 3.98. The minimum Gasteiger partial charge on any atom is -0.378 e. The smallest absolute Gasteiger partial charge is 0.0661 e. The first-order valence-corrected chi connectivity index (χ1v) is 6.25. The summed E-state index contributed by atoms with van der Waals surface area (Å²) in [6.45, 7) is 7.34. The molecule has 2 saturated carbocycles. The lowest BCUT2D eigenvalue weighted by molar-refractivity contribution is -0.172. The van der Waals surface area contributed by atoms with E-state index < -0.39 is 0 Å². The minimum atomic E-state index is 0.433. The second kappa shape index (κ2) is 4.44. The molecule has 2 nitrogen and oxygen atoms in total. The molecule has 0 radical (unpaired) electrons. The molecule has 2 rings (SSSR count). The summed E-state index contributed by atoms with van der Waals surface area (Å²) in [4.78, 5) is 0. The van der Waals surface area contributed by atoms with Gasteiger partial charge >= 0.3 is 0 Å². The van der Waals surface area contributed by atoms with Gasteiger partial charge in [-0.1, -0.05) is 24.6 Å². The molecule has 2 aliphatic carbocycles. The Morgan fingerprint density at radius 3 is 2.80 bits per heavy atom. The lowest BCUT2D eigenvalue weighted by Crippen LogP contribution is -2.66. The fraction of sp³-hybridized carbons (Fsp3) is 0.833. The van der Waals surface area contributed by atoms with Crippen LogP contribution < -0.4 is 5.32 Å². The van der Waals surface area contributed by atoms with E-state index in [4.69, 9.17) is 16.3 Å². The SMILES string of the molecule is C=C(Cl)CNC1CC(OCC)C12CCC2. The van der Waals surface area contributed by atoms with Crippen LogP contribution in [-0.2, 0) is 4.74 Å². The molecule has 0 aromatic carbocycles. The molecule has 0 amide bonds. The molecule has 0 aromatic heterocycles. The number of hydrogen-bond donors (Lipinski definition) is 1. The van der Waals surface area contributed by atoms with Crippen LogP contribution in [-0.4, -0.2) is 25.3 Å². The Kier molecular flexibility index (Phi) is 3.39. The molecule has 86 valence electrons. The molecule has 3 heteroatoms. The van der Waals surface area contributed by atoms with Gasteiger partial charge in [-0.05, 0) is 26.2 Å². The fourth-order valence-electron chi connectivity index (χ4n) is 2.96. The van der Waals surface area contributed by atoms with E-state index in [9.17, 15) is 0 Å². The Labute approximate surface area is 97.0 Å². The van der Waals surface area contributed by atoms with Gasteiger partial charge in [-0.3, -0.25) is 0 Å². The highest BCUT2D eigenvalue weighted by atomic mass is 35.5. The van der Waals surface area contributed by atoms with Gasteiger partial charge in [0.1, 0.15) is 0 Å². The topological polar surface area (TPSA) is 21.3 Å². The van der Waals surface area contributed by atoms with E-state index in [-0.39, 0.29) is 0 Å². The van der Waals surface area contributed by atoms with Crippen LogP contribution in [0, 0.1) is 5.41 Å². The first kappa shape index (κ1) is 11.4. The molecular formula is C12H20ClNO. The molecular weight excluding hydrogens is 210 g/mol. The molecule has 1 spiro atoms. The Morgan fingerprint density at radius 1 is 1.60 bits per heavy atom. The van der Waals surface area contributed by atoms with Gasteiger partial charge in [0.25, 0.3) is 0 Å². The van der Waals surface area contributed by atoms with Crippen molar-refractivity contribution in [1.82, 2.24) is 5.32 Å². The van der Waals surface area contributed by atoms with Crippen LogP contribution >= 0.6 is 11.6 Å². The third kappa shape index (κ3) is 1.95. The van der Waals surface area contributed by atoms with Crippen molar-refractivity contribution >= 4 is 11.6 Å². The van der Waals surface area contributed by atoms with Crippen molar-refractivity contribution < 1.29 is 4.74 Å². The van der Waals surface area contributed by atoms with Gasteiger partial charge in [-0.2, -0.15) is 0 Å². The van der Waals surface area contributed by atoms with E-state index >= 15 is 0 Å². The van der Waals surface area contributed by atoms with E-state index in [0.717, 1.165) is 19.6 Å². The normalized spacial score (nSPS) is 32.1. The van der Waals surface area contributed by atoms with Crippen LogP contribution in [0.2, 0.25) is 0 Å². The monoisotopic (exact) mass is 229 g/mol. The molecule has 2 aliphatic rings. The van der Waals surface area contributed by atoms with E-state index in [1.807, 2.05) is 0 Å². The summed E-state index contributed by atoms with van der Waals surface area (Å²) in [5, 5.41) is 4.19. The van der Waals surface area contributed by atoms with Crippen LogP contribution in [0.25, 0.3) is 0 Å². The summed E-state index contributed by atoms with van der Waals surface area (Å²) < 4.78 is 5.78. The summed E-state index contributed by atoms with van der Waals surface area (Å²) in [6, 6.07) is 0.596. The van der Waals surface area contributed by atoms with Gasteiger partial charge in [-0.15, -0.1) is 0 Å². The summed E-state index contributed by atoms with van der Waals surface area (Å²) in [5.74, 6) is 0. The van der Waals surface area contributed by atoms with Crippen LogP contribution in [0.1, 0.15) is 32.6 Å². The van der Waals surface area contributed by atoms with Gasteiger partial charge in [0, 0.05) is 29.6 Å². The van der Waals surface area contributed by atoms with Crippen molar-refractivity contribution in [3.05, 3.63) is 11.6 Å². The Morgan fingerprint density at radius 2 is 2.33 bits per heavy atom. The number of nitrogens with one attached hydrogen (secondary N) is 1. The zero-order valence-corrected chi connectivity index (χ0v) is 10.1. The first-order chi connectivity index (χ1) is 7.19. The zero-order chi connectivity index (χ0) is 10.9. The van der Waals surface area contributed by atoms with Crippen molar-refractivity contribution in [2.45, 2.75) is 44.8 Å². The van der Waals surface area contributed by atoms with Crippen LogP contribution in [0.3, 0.4) is 0 Å². The van der Waals surface area contributed by atoms with E-state index in [2.05, 4.69) is 18.8 Å². The molecule has 0 aromatic rings. The molecule has 2 unspecified atom stereocenters. The van der Waals surface area contributed by atoms with Gasteiger partial charge in [-0.25, -0.2) is 0 Å². The maximum atomic E-state index is 5.78. The number of rotatable bonds is 5. The molecule has 0 saturated heterocycles. The number of ether oxygens (including phenoxy) is 1. The van der Waals surface area contributed by atoms with Crippen LogP contribution in [0.4, 0.5) is 0 Å². The molecule has 15 heavy (non-hydrogen) atoms. The Balaban J connectivity index is 1.85.